The first kappa shape index (κ1) is 17.3. The molecule has 0 aromatic rings. The van der Waals surface area contributed by atoms with Crippen LogP contribution in [-0.2, 0) is 10.0 Å². The van der Waals surface area contributed by atoms with Gasteiger partial charge in [0.25, 0.3) is 0 Å². The van der Waals surface area contributed by atoms with Gasteiger partial charge in [0.2, 0.25) is 10.0 Å². The largest absolute Gasteiger partial charge is 0.396 e. The summed E-state index contributed by atoms with van der Waals surface area (Å²) in [4.78, 5) is 13.3. The third kappa shape index (κ3) is 3.48. The molecule has 1 N–H and O–H groups in total. The molecule has 0 spiro atoms. The lowest BCUT2D eigenvalue weighted by molar-refractivity contribution is -0.184. The number of carbonyl (C=O) groups excluding carboxylic acids is 1. The van der Waals surface area contributed by atoms with Crippen LogP contribution in [0.1, 0.15) is 19.8 Å². The number of hydrogen-bond acceptors (Lipinski definition) is 3. The number of nitrogens with one attached hydrogen (secondary N) is 1. The van der Waals surface area contributed by atoms with Crippen molar-refractivity contribution in [3.05, 3.63) is 0 Å². The van der Waals surface area contributed by atoms with Crippen molar-refractivity contribution in [1.29, 1.82) is 0 Å². The minimum Gasteiger partial charge on any atom is -0.337 e. The van der Waals surface area contributed by atoms with Crippen molar-refractivity contribution in [2.24, 2.45) is 5.41 Å². The van der Waals surface area contributed by atoms with Gasteiger partial charge in [-0.25, -0.2) is 13.2 Å². The van der Waals surface area contributed by atoms with E-state index in [2.05, 4.69) is 5.32 Å². The third-order valence-electron chi connectivity index (χ3n) is 4.31. The van der Waals surface area contributed by atoms with Gasteiger partial charge in [0.15, 0.2) is 0 Å². The number of nitrogens with zero attached hydrogens (tertiary/aromatic N) is 2. The topological polar surface area (TPSA) is 69.7 Å². The van der Waals surface area contributed by atoms with E-state index in [-0.39, 0.29) is 32.5 Å². The fourth-order valence-corrected chi connectivity index (χ4v) is 3.82. The molecule has 0 aromatic carbocycles. The van der Waals surface area contributed by atoms with Gasteiger partial charge in [-0.05, 0) is 19.8 Å². The van der Waals surface area contributed by atoms with E-state index < -0.39 is 40.2 Å². The summed E-state index contributed by atoms with van der Waals surface area (Å²) in [6.07, 6.45) is -3.13. The Morgan fingerprint density at radius 2 is 1.91 bits per heavy atom. The van der Waals surface area contributed by atoms with Gasteiger partial charge in [0, 0.05) is 32.2 Å². The fraction of sp³-hybridized carbons (Fsp3) is 0.917. The molecule has 2 amide bonds. The molecule has 10 heteroatoms. The van der Waals surface area contributed by atoms with E-state index in [0.29, 0.717) is 0 Å². The van der Waals surface area contributed by atoms with E-state index in [4.69, 9.17) is 0 Å². The predicted octanol–water partition coefficient (Wildman–Crippen LogP) is 1.00. The van der Waals surface area contributed by atoms with Gasteiger partial charge in [0.1, 0.15) is 0 Å². The van der Waals surface area contributed by atoms with E-state index >= 15 is 0 Å². The summed E-state index contributed by atoms with van der Waals surface area (Å²) in [6.45, 7) is 1.73. The van der Waals surface area contributed by atoms with Crippen molar-refractivity contribution in [2.45, 2.75) is 32.0 Å². The average molecular weight is 343 g/mol. The number of sulfonamides is 1. The molecule has 1 heterocycles. The van der Waals surface area contributed by atoms with E-state index in [1.807, 2.05) is 0 Å². The summed E-state index contributed by atoms with van der Waals surface area (Å²) in [7, 11) is -3.34. The predicted molar refractivity (Wildman–Crippen MR) is 73.7 cm³/mol. The summed E-state index contributed by atoms with van der Waals surface area (Å²) in [5, 5.41) is 2.33. The molecule has 6 nitrogen and oxygen atoms in total. The Balaban J connectivity index is 1.88. The number of hydrogen-bond donors (Lipinski definition) is 1. The second-order valence-electron chi connectivity index (χ2n) is 6.11. The molecule has 0 unspecified atom stereocenters. The summed E-state index contributed by atoms with van der Waals surface area (Å²) < 4.78 is 62.7. The molecule has 2 rings (SSSR count). The van der Waals surface area contributed by atoms with Gasteiger partial charge in [-0.2, -0.15) is 17.5 Å². The number of amides is 2. The van der Waals surface area contributed by atoms with E-state index in [1.165, 1.54) is 9.21 Å². The zero-order valence-corrected chi connectivity index (χ0v) is 13.3. The minimum atomic E-state index is -4.30. The van der Waals surface area contributed by atoms with Crippen LogP contribution in [0.25, 0.3) is 0 Å². The Morgan fingerprint density at radius 1 is 1.32 bits per heavy atom. The number of halogens is 3. The fourth-order valence-electron chi connectivity index (χ4n) is 2.69. The Kier molecular flexibility index (Phi) is 4.37. The van der Waals surface area contributed by atoms with Gasteiger partial charge in [0.05, 0.1) is 11.7 Å². The van der Waals surface area contributed by atoms with Crippen molar-refractivity contribution in [3.63, 3.8) is 0 Å². The average Bonchev–Trinajstić information content (AvgIpc) is 3.14. The molecule has 2 aliphatic rings. The summed E-state index contributed by atoms with van der Waals surface area (Å²) in [5.74, 6) is 0. The molecule has 128 valence electrons. The zero-order chi connectivity index (χ0) is 16.8. The van der Waals surface area contributed by atoms with Gasteiger partial charge >= 0.3 is 12.2 Å². The molecule has 22 heavy (non-hydrogen) atoms. The maximum atomic E-state index is 12.8. The van der Waals surface area contributed by atoms with Crippen LogP contribution in [0.5, 0.6) is 0 Å². The smallest absolute Gasteiger partial charge is 0.337 e. The maximum absolute atomic E-state index is 12.8. The number of carbonyl (C=O) groups is 1. The SMILES string of the molecule is C[C@H]1CN(C(=O)NCC2(C(F)(F)F)CC2)CCN1S(C)(=O)=O. The Labute approximate surface area is 127 Å². The van der Waals surface area contributed by atoms with Gasteiger partial charge in [-0.3, -0.25) is 0 Å². The standard InChI is InChI=1S/C12H20F3N3O3S/c1-9-7-17(5-6-18(9)22(2,20)21)10(19)16-8-11(3-4-11)12(13,14)15/h9H,3-8H2,1-2H3,(H,16,19)/t9-/m0/s1. The molecule has 0 bridgehead atoms. The van der Waals surface area contributed by atoms with Crippen molar-refractivity contribution in [3.8, 4) is 0 Å². The van der Waals surface area contributed by atoms with Crippen molar-refractivity contribution < 1.29 is 26.4 Å². The Bertz CT molecular complexity index is 546. The van der Waals surface area contributed by atoms with E-state index in [9.17, 15) is 26.4 Å². The van der Waals surface area contributed by atoms with Crippen molar-refractivity contribution >= 4 is 16.1 Å². The zero-order valence-electron chi connectivity index (χ0n) is 12.5. The second-order valence-corrected chi connectivity index (χ2v) is 8.04. The number of urea groups is 1. The molecule has 0 aromatic heterocycles. The normalized spacial score (nSPS) is 25.9. The molecule has 1 aliphatic heterocycles. The van der Waals surface area contributed by atoms with Crippen LogP contribution < -0.4 is 5.32 Å². The van der Waals surface area contributed by atoms with E-state index in [1.54, 1.807) is 6.92 Å². The molecule has 1 atom stereocenters. The lowest BCUT2D eigenvalue weighted by Crippen LogP contribution is -2.57. The first-order valence-corrected chi connectivity index (χ1v) is 8.87. The van der Waals surface area contributed by atoms with Gasteiger partial charge < -0.3 is 10.2 Å². The molecule has 1 saturated heterocycles. The highest BCUT2D eigenvalue weighted by atomic mass is 32.2. The molecule has 1 aliphatic carbocycles. The number of rotatable bonds is 3. The minimum absolute atomic E-state index is 0.0367. The van der Waals surface area contributed by atoms with Crippen LogP contribution >= 0.6 is 0 Å². The highest BCUT2D eigenvalue weighted by Crippen LogP contribution is 2.57. The lowest BCUT2D eigenvalue weighted by Gasteiger charge is -2.38. The van der Waals surface area contributed by atoms with Crippen LogP contribution in [-0.4, -0.2) is 68.3 Å². The summed E-state index contributed by atoms with van der Waals surface area (Å²) in [6, 6.07) is -0.970. The van der Waals surface area contributed by atoms with Gasteiger partial charge in [-0.1, -0.05) is 0 Å². The summed E-state index contributed by atoms with van der Waals surface area (Å²) in [5.41, 5.74) is -1.77. The first-order chi connectivity index (χ1) is 9.96. The summed E-state index contributed by atoms with van der Waals surface area (Å²) >= 11 is 0. The molecule has 0 radical (unpaired) electrons. The molecular formula is C12H20F3N3O3S. The monoisotopic (exact) mass is 343 g/mol. The van der Waals surface area contributed by atoms with Crippen LogP contribution in [0.15, 0.2) is 0 Å². The third-order valence-corrected chi connectivity index (χ3v) is 5.71. The quantitative estimate of drug-likeness (QED) is 0.831. The second kappa shape index (κ2) is 5.55. The first-order valence-electron chi connectivity index (χ1n) is 7.03. The maximum Gasteiger partial charge on any atom is 0.396 e. The Hall–Kier alpha value is -1.03. The number of piperazine rings is 1. The molecule has 1 saturated carbocycles. The highest BCUT2D eigenvalue weighted by Gasteiger charge is 2.63. The van der Waals surface area contributed by atoms with Gasteiger partial charge in [-0.15, -0.1) is 0 Å². The van der Waals surface area contributed by atoms with Crippen molar-refractivity contribution in [1.82, 2.24) is 14.5 Å². The van der Waals surface area contributed by atoms with Crippen LogP contribution in [0, 0.1) is 5.41 Å². The van der Waals surface area contributed by atoms with E-state index in [0.717, 1.165) is 6.26 Å². The van der Waals surface area contributed by atoms with Crippen molar-refractivity contribution in [2.75, 3.05) is 32.4 Å². The Morgan fingerprint density at radius 3 is 2.32 bits per heavy atom. The van der Waals surface area contributed by atoms with Crippen LogP contribution in [0.3, 0.4) is 0 Å². The highest BCUT2D eigenvalue weighted by molar-refractivity contribution is 7.88. The lowest BCUT2D eigenvalue weighted by atomic mass is 10.1. The molecular weight excluding hydrogens is 323 g/mol. The molecule has 2 fully saturated rings. The van der Waals surface area contributed by atoms with Crippen LogP contribution in [0.4, 0.5) is 18.0 Å². The number of alkyl halides is 3. The van der Waals surface area contributed by atoms with Crippen LogP contribution in [0.2, 0.25) is 0 Å².